The maximum atomic E-state index is 10.1. The number of hydrogen-bond donors (Lipinski definition) is 3. The molecule has 0 fully saturated rings. The summed E-state index contributed by atoms with van der Waals surface area (Å²) in [6.07, 6.45) is 3.11. The number of thiocarbonyl (C=S) groups is 1. The fraction of sp³-hybridized carbons (Fsp3) is 0.467. The van der Waals surface area contributed by atoms with Gasteiger partial charge < -0.3 is 16.6 Å². The van der Waals surface area contributed by atoms with Crippen molar-refractivity contribution in [2.24, 2.45) is 16.5 Å². The third kappa shape index (κ3) is 11.9. The van der Waals surface area contributed by atoms with E-state index < -0.39 is 12.0 Å². The molecule has 0 aromatic heterocycles. The Hall–Kier alpha value is -1.59. The molecule has 1 atom stereocenters. The van der Waals surface area contributed by atoms with Gasteiger partial charge in [-0.2, -0.15) is 0 Å². The number of nitrogens with zero attached hydrogens (tertiary/aromatic N) is 1. The molecule has 1 unspecified atom stereocenters. The van der Waals surface area contributed by atoms with Crippen LogP contribution in [-0.4, -0.2) is 35.4 Å². The minimum absolute atomic E-state index is 0.520. The average molecular weight is 309 g/mol. The smallest absolute Gasteiger partial charge is 0.320 e. The zero-order valence-electron chi connectivity index (χ0n) is 12.1. The second kappa shape index (κ2) is 13.4. The Morgan fingerprint density at radius 2 is 2.00 bits per heavy atom. The molecule has 116 valence electrons. The molecule has 0 aliphatic carbocycles. The van der Waals surface area contributed by atoms with Crippen LogP contribution in [0.3, 0.4) is 0 Å². The first-order valence-electron chi connectivity index (χ1n) is 6.87. The summed E-state index contributed by atoms with van der Waals surface area (Å²) in [7, 11) is 0. The summed E-state index contributed by atoms with van der Waals surface area (Å²) in [6.45, 7) is 1.35. The molecule has 0 saturated carbocycles. The Morgan fingerprint density at radius 3 is 2.52 bits per heavy atom. The highest BCUT2D eigenvalue weighted by molar-refractivity contribution is 7.78. The number of aliphatic imine (C=N–C) groups is 1. The molecule has 0 heterocycles. The summed E-state index contributed by atoms with van der Waals surface area (Å²) in [6, 6.07) is 9.50. The first kappa shape index (κ1) is 19.4. The molecule has 1 aromatic rings. The number of nitrogens with two attached hydrogens (primary N) is 2. The Balaban J connectivity index is 0.000000384. The quantitative estimate of drug-likeness (QED) is 0.386. The van der Waals surface area contributed by atoms with Gasteiger partial charge in [0.15, 0.2) is 0 Å². The van der Waals surface area contributed by atoms with Crippen LogP contribution in [0.1, 0.15) is 24.8 Å². The molecule has 0 spiro atoms. The minimum Gasteiger partial charge on any atom is -0.480 e. The van der Waals surface area contributed by atoms with Crippen molar-refractivity contribution < 1.29 is 9.90 Å². The first-order chi connectivity index (χ1) is 10.1. The highest BCUT2D eigenvalue weighted by Crippen LogP contribution is 1.98. The number of aliphatic carboxylic acids is 1. The summed E-state index contributed by atoms with van der Waals surface area (Å²) < 4.78 is 0. The lowest BCUT2D eigenvalue weighted by atomic mass is 10.1. The van der Waals surface area contributed by atoms with Crippen LogP contribution in [0.5, 0.6) is 0 Å². The topological polar surface area (TPSA) is 102 Å². The monoisotopic (exact) mass is 309 g/mol. The van der Waals surface area contributed by atoms with Gasteiger partial charge in [-0.05, 0) is 43.6 Å². The predicted molar refractivity (Wildman–Crippen MR) is 88.6 cm³/mol. The van der Waals surface area contributed by atoms with Gasteiger partial charge in [0.2, 0.25) is 0 Å². The molecule has 1 rings (SSSR count). The van der Waals surface area contributed by atoms with E-state index in [1.54, 1.807) is 0 Å². The zero-order chi connectivity index (χ0) is 15.9. The van der Waals surface area contributed by atoms with E-state index in [1.807, 2.05) is 18.2 Å². The van der Waals surface area contributed by atoms with E-state index >= 15 is 0 Å². The molecular formula is C15H23N3O2S. The maximum absolute atomic E-state index is 10.1. The number of rotatable bonds is 8. The Morgan fingerprint density at radius 1 is 1.33 bits per heavy atom. The van der Waals surface area contributed by atoms with Gasteiger partial charge >= 0.3 is 5.97 Å². The zero-order valence-corrected chi connectivity index (χ0v) is 12.9. The standard InChI is InChI=1S/C9H9NS.C6H14N2O2/c11-8-10-7-6-9-4-2-1-3-5-9;7-4-2-1-3-5(8)6(9)10/h1-5H,6-7H2;5H,1-4,7-8H2,(H,9,10). The van der Waals surface area contributed by atoms with Crippen molar-refractivity contribution in [3.05, 3.63) is 35.9 Å². The minimum atomic E-state index is -0.933. The number of carboxylic acid groups (broad SMARTS) is 1. The molecule has 0 amide bonds. The van der Waals surface area contributed by atoms with E-state index in [0.29, 0.717) is 13.0 Å². The fourth-order valence-electron chi connectivity index (χ4n) is 1.51. The molecule has 5 nitrogen and oxygen atoms in total. The lowest BCUT2D eigenvalue weighted by Crippen LogP contribution is -2.29. The van der Waals surface area contributed by atoms with Crippen molar-refractivity contribution in [1.82, 2.24) is 0 Å². The SMILES string of the molecule is NCCCCC(N)C(=O)O.S=C=NCCc1ccccc1. The second-order valence-electron chi connectivity index (χ2n) is 4.44. The second-order valence-corrected chi connectivity index (χ2v) is 4.62. The van der Waals surface area contributed by atoms with Crippen molar-refractivity contribution in [3.63, 3.8) is 0 Å². The summed E-state index contributed by atoms with van der Waals surface area (Å²) in [5.74, 6) is -0.933. The van der Waals surface area contributed by atoms with Crippen LogP contribution >= 0.6 is 12.2 Å². The van der Waals surface area contributed by atoms with Crippen molar-refractivity contribution in [2.45, 2.75) is 31.7 Å². The van der Waals surface area contributed by atoms with Crippen molar-refractivity contribution >= 4 is 23.3 Å². The third-order valence-corrected chi connectivity index (χ3v) is 2.84. The van der Waals surface area contributed by atoms with Gasteiger partial charge in [-0.25, -0.2) is 4.99 Å². The van der Waals surface area contributed by atoms with E-state index in [1.165, 1.54) is 5.56 Å². The van der Waals surface area contributed by atoms with Gasteiger partial charge in [-0.15, -0.1) is 0 Å². The van der Waals surface area contributed by atoms with Crippen LogP contribution in [-0.2, 0) is 11.2 Å². The lowest BCUT2D eigenvalue weighted by Gasteiger charge is -2.03. The van der Waals surface area contributed by atoms with Gasteiger partial charge in [0.25, 0.3) is 0 Å². The molecule has 0 saturated heterocycles. The molecule has 6 heteroatoms. The number of unbranched alkanes of at least 4 members (excludes halogenated alkanes) is 1. The van der Waals surface area contributed by atoms with Crippen LogP contribution in [0, 0.1) is 0 Å². The van der Waals surface area contributed by atoms with E-state index in [4.69, 9.17) is 16.6 Å². The van der Waals surface area contributed by atoms with Crippen LogP contribution in [0.4, 0.5) is 0 Å². The van der Waals surface area contributed by atoms with Crippen molar-refractivity contribution in [2.75, 3.05) is 13.1 Å². The largest absolute Gasteiger partial charge is 0.480 e. The van der Waals surface area contributed by atoms with Gasteiger partial charge in [0.05, 0.1) is 11.7 Å². The highest BCUT2D eigenvalue weighted by Gasteiger charge is 2.09. The Bertz CT molecular complexity index is 434. The molecule has 1 aromatic carbocycles. The number of carbonyl (C=O) groups is 1. The maximum Gasteiger partial charge on any atom is 0.320 e. The number of isothiocyanates is 1. The number of hydrogen-bond acceptors (Lipinski definition) is 5. The normalized spacial score (nSPS) is 10.8. The molecule has 0 bridgehead atoms. The summed E-state index contributed by atoms with van der Waals surface area (Å²) in [5, 5.41) is 10.7. The fourth-order valence-corrected chi connectivity index (χ4v) is 1.60. The average Bonchev–Trinajstić information content (AvgIpc) is 2.49. The van der Waals surface area contributed by atoms with Gasteiger partial charge in [-0.3, -0.25) is 4.79 Å². The van der Waals surface area contributed by atoms with Crippen molar-refractivity contribution in [3.8, 4) is 0 Å². The van der Waals surface area contributed by atoms with Crippen molar-refractivity contribution in [1.29, 1.82) is 0 Å². The molecule has 0 aliphatic rings. The lowest BCUT2D eigenvalue weighted by molar-refractivity contribution is -0.138. The number of benzene rings is 1. The molecule has 5 N–H and O–H groups in total. The predicted octanol–water partition coefficient (Wildman–Crippen LogP) is 1.86. The van der Waals surface area contributed by atoms with Crippen LogP contribution in [0.25, 0.3) is 0 Å². The van der Waals surface area contributed by atoms with E-state index in [-0.39, 0.29) is 0 Å². The first-order valence-corrected chi connectivity index (χ1v) is 7.28. The summed E-state index contributed by atoms with van der Waals surface area (Å²) >= 11 is 4.45. The van der Waals surface area contributed by atoms with E-state index in [2.05, 4.69) is 34.5 Å². The third-order valence-electron chi connectivity index (χ3n) is 2.71. The molecule has 0 radical (unpaired) electrons. The Labute approximate surface area is 131 Å². The van der Waals surface area contributed by atoms with Gasteiger partial charge in [0.1, 0.15) is 6.04 Å². The van der Waals surface area contributed by atoms with Gasteiger partial charge in [-0.1, -0.05) is 36.8 Å². The van der Waals surface area contributed by atoms with Crippen LogP contribution in [0.15, 0.2) is 35.3 Å². The van der Waals surface area contributed by atoms with E-state index in [0.717, 1.165) is 25.8 Å². The van der Waals surface area contributed by atoms with E-state index in [9.17, 15) is 4.79 Å². The summed E-state index contributed by atoms with van der Waals surface area (Å²) in [4.78, 5) is 14.0. The van der Waals surface area contributed by atoms with Crippen LogP contribution < -0.4 is 11.5 Å². The summed E-state index contributed by atoms with van der Waals surface area (Å²) in [5.41, 5.74) is 11.7. The van der Waals surface area contributed by atoms with Crippen LogP contribution in [0.2, 0.25) is 0 Å². The molecular weight excluding hydrogens is 286 g/mol. The van der Waals surface area contributed by atoms with Gasteiger partial charge in [0, 0.05) is 0 Å². The number of carboxylic acids is 1. The molecule has 21 heavy (non-hydrogen) atoms. The molecule has 0 aliphatic heterocycles. The highest BCUT2D eigenvalue weighted by atomic mass is 32.1. The Kier molecular flexibility index (Phi) is 12.4.